The van der Waals surface area contributed by atoms with Crippen LogP contribution in [0.1, 0.15) is 43.4 Å². The number of carbonyl (C=O) groups excluding carboxylic acids is 2. The number of rotatable bonds is 4. The molecule has 1 aliphatic heterocycles. The minimum atomic E-state index is -0.511. The SMILES string of the molecule is CCOC(=O)c1ncn2c(C)cc(N3CCCN(C(C)C)C3=O)nc12. The Morgan fingerprint density at radius 3 is 2.80 bits per heavy atom. The molecule has 0 radical (unpaired) electrons. The van der Waals surface area contributed by atoms with Crippen LogP contribution in [0.4, 0.5) is 10.6 Å². The molecule has 0 atom stereocenters. The Bertz CT molecular complexity index is 814. The Kier molecular flexibility index (Phi) is 4.61. The fraction of sp³-hybridized carbons (Fsp3) is 0.529. The maximum absolute atomic E-state index is 12.8. The van der Waals surface area contributed by atoms with Gasteiger partial charge in [0.2, 0.25) is 0 Å². The van der Waals surface area contributed by atoms with Crippen molar-refractivity contribution in [2.75, 3.05) is 24.6 Å². The van der Waals surface area contributed by atoms with Crippen molar-refractivity contribution in [2.45, 2.75) is 40.2 Å². The van der Waals surface area contributed by atoms with Crippen LogP contribution >= 0.6 is 0 Å². The zero-order valence-electron chi connectivity index (χ0n) is 15.0. The minimum absolute atomic E-state index is 0.0605. The molecule has 0 saturated carbocycles. The average molecular weight is 345 g/mol. The predicted octanol–water partition coefficient (Wildman–Crippen LogP) is 2.25. The molecule has 2 aromatic rings. The Hall–Kier alpha value is -2.64. The monoisotopic (exact) mass is 345 g/mol. The van der Waals surface area contributed by atoms with Crippen molar-refractivity contribution in [3.8, 4) is 0 Å². The van der Waals surface area contributed by atoms with Gasteiger partial charge in [0.25, 0.3) is 0 Å². The molecule has 3 rings (SSSR count). The lowest BCUT2D eigenvalue weighted by Gasteiger charge is -2.37. The predicted molar refractivity (Wildman–Crippen MR) is 92.9 cm³/mol. The lowest BCUT2D eigenvalue weighted by molar-refractivity contribution is 0.0522. The number of aromatic nitrogens is 3. The molecular weight excluding hydrogens is 322 g/mol. The molecule has 0 aliphatic carbocycles. The van der Waals surface area contributed by atoms with E-state index in [1.807, 2.05) is 31.7 Å². The first-order chi connectivity index (χ1) is 11.9. The molecule has 0 aromatic carbocycles. The van der Waals surface area contributed by atoms with Crippen molar-refractivity contribution < 1.29 is 14.3 Å². The van der Waals surface area contributed by atoms with E-state index in [1.165, 1.54) is 0 Å². The normalized spacial score (nSPS) is 15.3. The molecule has 1 fully saturated rings. The summed E-state index contributed by atoms with van der Waals surface area (Å²) < 4.78 is 6.77. The molecular formula is C17H23N5O3. The number of carbonyl (C=O) groups is 2. The van der Waals surface area contributed by atoms with Crippen LogP contribution in [0.15, 0.2) is 12.4 Å². The third-order valence-corrected chi connectivity index (χ3v) is 4.31. The molecule has 1 saturated heterocycles. The van der Waals surface area contributed by atoms with E-state index < -0.39 is 5.97 Å². The fourth-order valence-corrected chi connectivity index (χ4v) is 3.02. The summed E-state index contributed by atoms with van der Waals surface area (Å²) in [5.74, 6) is 0.0224. The number of aryl methyl sites for hydroxylation is 1. The third-order valence-electron chi connectivity index (χ3n) is 4.31. The molecule has 3 heterocycles. The van der Waals surface area contributed by atoms with Crippen molar-refractivity contribution >= 4 is 23.5 Å². The van der Waals surface area contributed by atoms with E-state index in [-0.39, 0.29) is 24.4 Å². The van der Waals surface area contributed by atoms with E-state index in [0.717, 1.165) is 18.7 Å². The van der Waals surface area contributed by atoms with E-state index in [4.69, 9.17) is 4.74 Å². The van der Waals surface area contributed by atoms with Gasteiger partial charge < -0.3 is 9.64 Å². The van der Waals surface area contributed by atoms with Gasteiger partial charge in [0.1, 0.15) is 12.1 Å². The van der Waals surface area contributed by atoms with Crippen LogP contribution in [0, 0.1) is 6.92 Å². The van der Waals surface area contributed by atoms with Crippen molar-refractivity contribution in [3.05, 3.63) is 23.8 Å². The molecule has 8 heteroatoms. The van der Waals surface area contributed by atoms with E-state index >= 15 is 0 Å². The van der Waals surface area contributed by atoms with Crippen molar-refractivity contribution in [3.63, 3.8) is 0 Å². The highest BCUT2D eigenvalue weighted by Gasteiger charge is 2.30. The Morgan fingerprint density at radius 1 is 1.36 bits per heavy atom. The van der Waals surface area contributed by atoms with Gasteiger partial charge in [0.05, 0.1) is 6.61 Å². The molecule has 134 valence electrons. The highest BCUT2D eigenvalue weighted by Crippen LogP contribution is 2.23. The number of ether oxygens (including phenoxy) is 1. The highest BCUT2D eigenvalue weighted by atomic mass is 16.5. The van der Waals surface area contributed by atoms with Gasteiger partial charge in [-0.2, -0.15) is 0 Å². The molecule has 0 spiro atoms. The van der Waals surface area contributed by atoms with E-state index in [2.05, 4.69) is 9.97 Å². The Balaban J connectivity index is 2.03. The molecule has 2 amide bonds. The van der Waals surface area contributed by atoms with Crippen LogP contribution in [-0.2, 0) is 4.74 Å². The van der Waals surface area contributed by atoms with Gasteiger partial charge in [-0.25, -0.2) is 19.6 Å². The van der Waals surface area contributed by atoms with Crippen LogP contribution in [0.25, 0.3) is 5.65 Å². The molecule has 2 aromatic heterocycles. The maximum Gasteiger partial charge on any atom is 0.360 e. The number of amides is 2. The van der Waals surface area contributed by atoms with Crippen LogP contribution < -0.4 is 4.90 Å². The van der Waals surface area contributed by atoms with Gasteiger partial charge in [-0.3, -0.25) is 9.30 Å². The van der Waals surface area contributed by atoms with E-state index in [1.54, 1.807) is 22.6 Å². The van der Waals surface area contributed by atoms with Crippen molar-refractivity contribution in [1.82, 2.24) is 19.3 Å². The largest absolute Gasteiger partial charge is 0.461 e. The summed E-state index contributed by atoms with van der Waals surface area (Å²) in [7, 11) is 0. The highest BCUT2D eigenvalue weighted by molar-refractivity contribution is 5.95. The lowest BCUT2D eigenvalue weighted by Crippen LogP contribution is -2.52. The third kappa shape index (κ3) is 3.04. The molecule has 0 bridgehead atoms. The van der Waals surface area contributed by atoms with Gasteiger partial charge >= 0.3 is 12.0 Å². The minimum Gasteiger partial charge on any atom is -0.461 e. The summed E-state index contributed by atoms with van der Waals surface area (Å²) >= 11 is 0. The van der Waals surface area contributed by atoms with Crippen LogP contribution in [-0.4, -0.2) is 57.0 Å². The van der Waals surface area contributed by atoms with Gasteiger partial charge in [-0.1, -0.05) is 0 Å². The van der Waals surface area contributed by atoms with E-state index in [0.29, 0.717) is 18.0 Å². The number of fused-ring (bicyclic) bond motifs is 1. The molecule has 25 heavy (non-hydrogen) atoms. The number of urea groups is 1. The Labute approximate surface area is 146 Å². The van der Waals surface area contributed by atoms with E-state index in [9.17, 15) is 9.59 Å². The lowest BCUT2D eigenvalue weighted by atomic mass is 10.2. The van der Waals surface area contributed by atoms with Gasteiger partial charge in [0.15, 0.2) is 11.3 Å². The van der Waals surface area contributed by atoms with Crippen LogP contribution in [0.5, 0.6) is 0 Å². The van der Waals surface area contributed by atoms with Crippen molar-refractivity contribution in [2.24, 2.45) is 0 Å². The zero-order chi connectivity index (χ0) is 18.1. The summed E-state index contributed by atoms with van der Waals surface area (Å²) in [6, 6.07) is 1.91. The summed E-state index contributed by atoms with van der Waals surface area (Å²) in [5, 5.41) is 0. The fourth-order valence-electron chi connectivity index (χ4n) is 3.02. The summed E-state index contributed by atoms with van der Waals surface area (Å²) in [6.45, 7) is 9.25. The summed E-state index contributed by atoms with van der Waals surface area (Å²) in [6.07, 6.45) is 2.42. The topological polar surface area (TPSA) is 80.0 Å². The first-order valence-corrected chi connectivity index (χ1v) is 8.54. The molecule has 0 unspecified atom stereocenters. The number of hydrogen-bond donors (Lipinski definition) is 0. The summed E-state index contributed by atoms with van der Waals surface area (Å²) in [4.78, 5) is 37.0. The Morgan fingerprint density at radius 2 is 2.12 bits per heavy atom. The standard InChI is InChI=1S/C17H23N5O3/c1-5-25-16(23)14-15-19-13(9-12(4)22(15)10-18-14)21-8-6-7-20(11(2)3)17(21)24/h9-11H,5-8H2,1-4H3. The van der Waals surface area contributed by atoms with Gasteiger partial charge in [-0.05, 0) is 34.1 Å². The first kappa shape index (κ1) is 17.2. The second-order valence-corrected chi connectivity index (χ2v) is 6.34. The van der Waals surface area contributed by atoms with Gasteiger partial charge in [-0.15, -0.1) is 0 Å². The quantitative estimate of drug-likeness (QED) is 0.794. The van der Waals surface area contributed by atoms with Crippen molar-refractivity contribution in [1.29, 1.82) is 0 Å². The second kappa shape index (κ2) is 6.70. The molecule has 8 nitrogen and oxygen atoms in total. The molecule has 1 aliphatic rings. The average Bonchev–Trinajstić information content (AvgIpc) is 2.99. The van der Waals surface area contributed by atoms with Gasteiger partial charge in [0, 0.05) is 30.9 Å². The smallest absolute Gasteiger partial charge is 0.360 e. The number of nitrogens with zero attached hydrogens (tertiary/aromatic N) is 5. The second-order valence-electron chi connectivity index (χ2n) is 6.34. The van der Waals surface area contributed by atoms with Crippen LogP contribution in [0.2, 0.25) is 0 Å². The molecule has 0 N–H and O–H groups in total. The number of imidazole rings is 1. The van der Waals surface area contributed by atoms with Crippen LogP contribution in [0.3, 0.4) is 0 Å². The number of anilines is 1. The number of hydrogen-bond acceptors (Lipinski definition) is 5. The number of esters is 1. The zero-order valence-corrected chi connectivity index (χ0v) is 15.0. The summed E-state index contributed by atoms with van der Waals surface area (Å²) in [5.41, 5.74) is 1.41. The maximum atomic E-state index is 12.8. The first-order valence-electron chi connectivity index (χ1n) is 8.54.